The van der Waals surface area contributed by atoms with E-state index in [9.17, 15) is 4.79 Å². The predicted molar refractivity (Wildman–Crippen MR) is 97.1 cm³/mol. The molecule has 0 N–H and O–H groups in total. The molecule has 0 aliphatic carbocycles. The van der Waals surface area contributed by atoms with Crippen LogP contribution in [0.3, 0.4) is 0 Å². The fraction of sp³-hybridized carbons (Fsp3) is 0.300. The summed E-state index contributed by atoms with van der Waals surface area (Å²) < 4.78 is 11.4. The van der Waals surface area contributed by atoms with Gasteiger partial charge in [-0.2, -0.15) is 0 Å². The summed E-state index contributed by atoms with van der Waals surface area (Å²) >= 11 is 0. The molecule has 0 saturated heterocycles. The molecule has 0 bridgehead atoms. The van der Waals surface area contributed by atoms with E-state index in [1.54, 1.807) is 12.1 Å². The van der Waals surface area contributed by atoms with Crippen LogP contribution in [0.25, 0.3) is 0 Å². The highest BCUT2D eigenvalue weighted by Crippen LogP contribution is 2.28. The van der Waals surface area contributed by atoms with Gasteiger partial charge < -0.3 is 14.3 Å². The maximum Gasteiger partial charge on any atom is 0.361 e. The lowest BCUT2D eigenvalue weighted by Crippen LogP contribution is -2.18. The number of oxime groups is 1. The Balaban J connectivity index is 2.14. The summed E-state index contributed by atoms with van der Waals surface area (Å²) in [4.78, 5) is 16.6. The summed E-state index contributed by atoms with van der Waals surface area (Å²) in [7, 11) is 1.38. The van der Waals surface area contributed by atoms with Crippen LogP contribution in [-0.2, 0) is 16.2 Å². The average Bonchev–Trinajstić information content (AvgIpc) is 2.61. The number of benzene rings is 2. The second kappa shape index (κ2) is 8.87. The number of para-hydroxylation sites is 2. The van der Waals surface area contributed by atoms with Crippen LogP contribution in [0.2, 0.25) is 0 Å². The first-order valence-electron chi connectivity index (χ1n) is 8.12. The van der Waals surface area contributed by atoms with Crippen LogP contribution in [0.4, 0.5) is 0 Å². The summed E-state index contributed by atoms with van der Waals surface area (Å²) in [6.07, 6.45) is 0. The average molecular weight is 341 g/mol. The highest BCUT2D eigenvalue weighted by molar-refractivity contribution is 6.35. The number of hydrogen-bond acceptors (Lipinski definition) is 5. The monoisotopic (exact) mass is 341 g/mol. The van der Waals surface area contributed by atoms with Gasteiger partial charge in [0.25, 0.3) is 0 Å². The van der Waals surface area contributed by atoms with Crippen LogP contribution in [-0.4, -0.2) is 18.8 Å². The first-order chi connectivity index (χ1) is 12.0. The Kier molecular flexibility index (Phi) is 6.57. The predicted octanol–water partition coefficient (Wildman–Crippen LogP) is 4.32. The molecule has 0 aliphatic heterocycles. The highest BCUT2D eigenvalue weighted by atomic mass is 16.6. The molecule has 0 unspecified atom stereocenters. The van der Waals surface area contributed by atoms with E-state index in [4.69, 9.17) is 9.47 Å². The van der Waals surface area contributed by atoms with Gasteiger partial charge in [-0.25, -0.2) is 4.79 Å². The standard InChI is InChI=1S/C20H23NO4/c1-14(2)17-10-6-8-12-19(17)24-13-16-9-5-7-11-18(16)25-20(22)15(3)21-23-4/h5-12,14H,13H2,1-4H3. The third kappa shape index (κ3) is 5.08. The van der Waals surface area contributed by atoms with Gasteiger partial charge in [0, 0.05) is 5.56 Å². The van der Waals surface area contributed by atoms with Crippen LogP contribution in [0, 0.1) is 0 Å². The van der Waals surface area contributed by atoms with E-state index in [1.807, 2.05) is 30.3 Å². The maximum absolute atomic E-state index is 12.0. The molecule has 0 aliphatic rings. The maximum atomic E-state index is 12.0. The van der Waals surface area contributed by atoms with Gasteiger partial charge in [0.05, 0.1) is 0 Å². The lowest BCUT2D eigenvalue weighted by atomic mass is 10.0. The van der Waals surface area contributed by atoms with Crippen LogP contribution in [0.15, 0.2) is 53.7 Å². The fourth-order valence-electron chi connectivity index (χ4n) is 2.32. The molecule has 2 rings (SSSR count). The molecule has 2 aromatic carbocycles. The molecule has 132 valence electrons. The zero-order valence-corrected chi connectivity index (χ0v) is 15.0. The van der Waals surface area contributed by atoms with Crippen LogP contribution in [0.1, 0.15) is 37.8 Å². The van der Waals surface area contributed by atoms with Crippen molar-refractivity contribution in [3.8, 4) is 11.5 Å². The molecule has 0 amide bonds. The third-order valence-electron chi connectivity index (χ3n) is 3.62. The van der Waals surface area contributed by atoms with Crippen molar-refractivity contribution in [1.29, 1.82) is 0 Å². The molecule has 0 fully saturated rings. The van der Waals surface area contributed by atoms with Crippen molar-refractivity contribution in [3.05, 3.63) is 59.7 Å². The minimum atomic E-state index is -0.558. The molecule has 0 radical (unpaired) electrons. The van der Waals surface area contributed by atoms with Crippen molar-refractivity contribution in [2.75, 3.05) is 7.11 Å². The number of hydrogen-bond donors (Lipinski definition) is 0. The number of rotatable bonds is 7. The Bertz CT molecular complexity index is 753. The zero-order valence-electron chi connectivity index (χ0n) is 15.0. The van der Waals surface area contributed by atoms with E-state index in [0.717, 1.165) is 16.9 Å². The summed E-state index contributed by atoms with van der Waals surface area (Å²) in [6, 6.07) is 15.2. The second-order valence-corrected chi connectivity index (χ2v) is 5.84. The van der Waals surface area contributed by atoms with Crippen molar-refractivity contribution in [1.82, 2.24) is 0 Å². The van der Waals surface area contributed by atoms with Crippen molar-refractivity contribution < 1.29 is 19.1 Å². The molecule has 0 spiro atoms. The van der Waals surface area contributed by atoms with Crippen molar-refractivity contribution in [2.24, 2.45) is 5.16 Å². The number of esters is 1. The molecule has 25 heavy (non-hydrogen) atoms. The summed E-state index contributed by atoms with van der Waals surface area (Å²) in [6.45, 7) is 6.07. The van der Waals surface area contributed by atoms with Gasteiger partial charge in [-0.3, -0.25) is 0 Å². The Morgan fingerprint density at radius 1 is 1.04 bits per heavy atom. The molecule has 5 nitrogen and oxygen atoms in total. The van der Waals surface area contributed by atoms with Gasteiger partial charge in [-0.15, -0.1) is 0 Å². The normalized spacial score (nSPS) is 11.3. The molecule has 0 saturated carbocycles. The minimum Gasteiger partial charge on any atom is -0.488 e. The molecular weight excluding hydrogens is 318 g/mol. The van der Waals surface area contributed by atoms with Gasteiger partial charge in [-0.1, -0.05) is 55.4 Å². The Morgan fingerprint density at radius 2 is 1.68 bits per heavy atom. The van der Waals surface area contributed by atoms with Crippen molar-refractivity contribution >= 4 is 11.7 Å². The Morgan fingerprint density at radius 3 is 2.36 bits per heavy atom. The van der Waals surface area contributed by atoms with E-state index >= 15 is 0 Å². The van der Waals surface area contributed by atoms with E-state index in [-0.39, 0.29) is 5.71 Å². The van der Waals surface area contributed by atoms with Gasteiger partial charge in [0.2, 0.25) is 0 Å². The topological polar surface area (TPSA) is 57.1 Å². The summed E-state index contributed by atoms with van der Waals surface area (Å²) in [5, 5.41) is 3.59. The lowest BCUT2D eigenvalue weighted by Gasteiger charge is -2.15. The van der Waals surface area contributed by atoms with E-state index in [1.165, 1.54) is 14.0 Å². The SMILES string of the molecule is CON=C(C)C(=O)Oc1ccccc1COc1ccccc1C(C)C. The zero-order chi connectivity index (χ0) is 18.2. The smallest absolute Gasteiger partial charge is 0.361 e. The highest BCUT2D eigenvalue weighted by Gasteiger charge is 2.14. The molecule has 0 heterocycles. The number of carbonyl (C=O) groups excluding carboxylic acids is 1. The van der Waals surface area contributed by atoms with Crippen LogP contribution < -0.4 is 9.47 Å². The fourth-order valence-corrected chi connectivity index (χ4v) is 2.32. The Hall–Kier alpha value is -2.82. The number of ether oxygens (including phenoxy) is 2. The largest absolute Gasteiger partial charge is 0.488 e. The molecule has 0 aromatic heterocycles. The quantitative estimate of drug-likeness (QED) is 0.326. The minimum absolute atomic E-state index is 0.142. The van der Waals surface area contributed by atoms with Crippen molar-refractivity contribution in [3.63, 3.8) is 0 Å². The van der Waals surface area contributed by atoms with Crippen LogP contribution >= 0.6 is 0 Å². The first-order valence-corrected chi connectivity index (χ1v) is 8.12. The van der Waals surface area contributed by atoms with Gasteiger partial charge in [-0.05, 0) is 30.5 Å². The second-order valence-electron chi connectivity index (χ2n) is 5.84. The van der Waals surface area contributed by atoms with Gasteiger partial charge in [0.1, 0.15) is 25.2 Å². The molecule has 5 heteroatoms. The summed E-state index contributed by atoms with van der Waals surface area (Å²) in [5.41, 5.74) is 2.06. The lowest BCUT2D eigenvalue weighted by molar-refractivity contribution is -0.127. The van der Waals surface area contributed by atoms with E-state index < -0.39 is 5.97 Å². The van der Waals surface area contributed by atoms with Crippen LogP contribution in [0.5, 0.6) is 11.5 Å². The summed E-state index contributed by atoms with van der Waals surface area (Å²) in [5.74, 6) is 1.07. The van der Waals surface area contributed by atoms with E-state index in [2.05, 4.69) is 29.9 Å². The van der Waals surface area contributed by atoms with E-state index in [0.29, 0.717) is 18.3 Å². The first kappa shape index (κ1) is 18.5. The number of nitrogens with zero attached hydrogens (tertiary/aromatic N) is 1. The third-order valence-corrected chi connectivity index (χ3v) is 3.62. The van der Waals surface area contributed by atoms with Gasteiger partial charge >= 0.3 is 5.97 Å². The van der Waals surface area contributed by atoms with Crippen molar-refractivity contribution in [2.45, 2.75) is 33.3 Å². The molecular formula is C20H23NO4. The number of carbonyl (C=O) groups is 1. The molecule has 0 atom stereocenters. The molecule has 2 aromatic rings. The van der Waals surface area contributed by atoms with Gasteiger partial charge in [0.15, 0.2) is 5.71 Å². The Labute approximate surface area is 148 Å².